The first-order valence-electron chi connectivity index (χ1n) is 6.57. The van der Waals surface area contributed by atoms with Gasteiger partial charge in [0.05, 0.1) is 17.1 Å². The summed E-state index contributed by atoms with van der Waals surface area (Å²) in [4.78, 5) is 12.2. The van der Waals surface area contributed by atoms with Gasteiger partial charge in [-0.25, -0.2) is 8.42 Å². The molecular formula is C14H14ClNO4S. The maximum Gasteiger partial charge on any atom is 0.250 e. The Bertz CT molecular complexity index is 726. The lowest BCUT2D eigenvalue weighted by Gasteiger charge is -2.19. The smallest absolute Gasteiger partial charge is 0.250 e. The van der Waals surface area contributed by atoms with Crippen LogP contribution in [-0.4, -0.2) is 38.5 Å². The van der Waals surface area contributed by atoms with Crippen molar-refractivity contribution in [2.75, 3.05) is 18.1 Å². The van der Waals surface area contributed by atoms with E-state index in [9.17, 15) is 13.2 Å². The van der Waals surface area contributed by atoms with Crippen molar-refractivity contribution < 1.29 is 17.9 Å². The Kier molecular flexibility index (Phi) is 3.67. The van der Waals surface area contributed by atoms with Crippen molar-refractivity contribution in [1.82, 2.24) is 5.32 Å². The molecule has 3 rings (SSSR count). The second-order valence-electron chi connectivity index (χ2n) is 5.21. The van der Waals surface area contributed by atoms with Gasteiger partial charge in [0.2, 0.25) is 0 Å². The molecule has 0 aliphatic carbocycles. The monoisotopic (exact) mass is 327 g/mol. The highest BCUT2D eigenvalue weighted by Crippen LogP contribution is 2.29. The molecule has 21 heavy (non-hydrogen) atoms. The predicted molar refractivity (Wildman–Crippen MR) is 80.1 cm³/mol. The fraction of sp³-hybridized carbons (Fsp3) is 0.357. The number of halogens is 1. The lowest BCUT2D eigenvalue weighted by Crippen LogP contribution is -2.38. The Morgan fingerprint density at radius 1 is 1.38 bits per heavy atom. The Morgan fingerprint density at radius 3 is 2.90 bits per heavy atom. The highest BCUT2D eigenvalue weighted by molar-refractivity contribution is 7.91. The molecule has 0 spiro atoms. The topological polar surface area (TPSA) is 72.5 Å². The summed E-state index contributed by atoms with van der Waals surface area (Å²) < 4.78 is 28.3. The molecule has 0 aromatic heterocycles. The molecule has 7 heteroatoms. The number of carbonyl (C=O) groups excluding carboxylic acids is 1. The van der Waals surface area contributed by atoms with E-state index in [0.717, 1.165) is 5.56 Å². The standard InChI is InChI=1S/C14H14ClNO4S/c15-11-1-2-13-9(6-11)5-10(7-20-13)14(17)16-12-3-4-21(18,19)8-12/h1-2,5-6,12H,3-4,7-8H2,(H,16,17). The molecule has 1 aromatic rings. The van der Waals surface area contributed by atoms with Crippen molar-refractivity contribution in [1.29, 1.82) is 0 Å². The van der Waals surface area contributed by atoms with Crippen LogP contribution in [0.2, 0.25) is 5.02 Å². The maximum absolute atomic E-state index is 12.2. The molecule has 1 aromatic carbocycles. The van der Waals surface area contributed by atoms with Gasteiger partial charge in [0, 0.05) is 16.6 Å². The van der Waals surface area contributed by atoms with Crippen LogP contribution in [-0.2, 0) is 14.6 Å². The van der Waals surface area contributed by atoms with Gasteiger partial charge in [-0.1, -0.05) is 11.6 Å². The van der Waals surface area contributed by atoms with E-state index < -0.39 is 9.84 Å². The first kappa shape index (κ1) is 14.4. The molecule has 1 unspecified atom stereocenters. The van der Waals surface area contributed by atoms with Crippen LogP contribution < -0.4 is 10.1 Å². The number of benzene rings is 1. The van der Waals surface area contributed by atoms with Crippen molar-refractivity contribution in [3.8, 4) is 5.75 Å². The Hall–Kier alpha value is -1.53. The van der Waals surface area contributed by atoms with E-state index in [4.69, 9.17) is 16.3 Å². The second-order valence-corrected chi connectivity index (χ2v) is 7.88. The zero-order valence-corrected chi connectivity index (χ0v) is 12.7. The molecule has 2 heterocycles. The van der Waals surface area contributed by atoms with Crippen LogP contribution >= 0.6 is 11.6 Å². The lowest BCUT2D eigenvalue weighted by molar-refractivity contribution is -0.118. The molecule has 0 bridgehead atoms. The summed E-state index contributed by atoms with van der Waals surface area (Å²) in [6.07, 6.45) is 2.19. The van der Waals surface area contributed by atoms with Crippen LogP contribution in [0.15, 0.2) is 23.8 Å². The molecule has 1 N–H and O–H groups in total. The molecule has 2 aliphatic heterocycles. The van der Waals surface area contributed by atoms with E-state index in [0.29, 0.717) is 22.8 Å². The number of ether oxygens (including phenoxy) is 1. The molecule has 1 saturated heterocycles. The van der Waals surface area contributed by atoms with Crippen molar-refractivity contribution in [3.63, 3.8) is 0 Å². The zero-order chi connectivity index (χ0) is 15.0. The summed E-state index contributed by atoms with van der Waals surface area (Å²) in [5.74, 6) is 0.531. The van der Waals surface area contributed by atoms with Gasteiger partial charge in [-0.2, -0.15) is 0 Å². The quantitative estimate of drug-likeness (QED) is 0.891. The molecule has 1 amide bonds. The fourth-order valence-electron chi connectivity index (χ4n) is 2.47. The summed E-state index contributed by atoms with van der Waals surface area (Å²) in [6, 6.07) is 4.89. The summed E-state index contributed by atoms with van der Waals surface area (Å²) in [5, 5.41) is 3.32. The molecule has 112 valence electrons. The first-order chi connectivity index (χ1) is 9.93. The summed E-state index contributed by atoms with van der Waals surface area (Å²) in [7, 11) is -3.01. The zero-order valence-electron chi connectivity index (χ0n) is 11.1. The number of rotatable bonds is 2. The number of hydrogen-bond acceptors (Lipinski definition) is 4. The normalized spacial score (nSPS) is 22.9. The van der Waals surface area contributed by atoms with Crippen LogP contribution in [0.3, 0.4) is 0 Å². The van der Waals surface area contributed by atoms with E-state index in [1.165, 1.54) is 0 Å². The molecule has 1 fully saturated rings. The lowest BCUT2D eigenvalue weighted by atomic mass is 10.1. The van der Waals surface area contributed by atoms with Gasteiger partial charge in [0.25, 0.3) is 5.91 Å². The number of amides is 1. The van der Waals surface area contributed by atoms with E-state index in [-0.39, 0.29) is 30.1 Å². The fourth-order valence-corrected chi connectivity index (χ4v) is 4.32. The minimum atomic E-state index is -3.01. The van der Waals surface area contributed by atoms with Crippen LogP contribution in [0.4, 0.5) is 0 Å². The minimum Gasteiger partial charge on any atom is -0.488 e. The van der Waals surface area contributed by atoms with Crippen molar-refractivity contribution >= 4 is 33.4 Å². The summed E-state index contributed by atoms with van der Waals surface area (Å²) >= 11 is 5.92. The summed E-state index contributed by atoms with van der Waals surface area (Å²) in [6.45, 7) is 0.167. The second kappa shape index (κ2) is 5.35. The third kappa shape index (κ3) is 3.22. The molecule has 2 aliphatic rings. The van der Waals surface area contributed by atoms with E-state index in [1.807, 2.05) is 0 Å². The number of carbonyl (C=O) groups is 1. The maximum atomic E-state index is 12.2. The number of hydrogen-bond donors (Lipinski definition) is 1. The van der Waals surface area contributed by atoms with Crippen LogP contribution in [0.25, 0.3) is 6.08 Å². The third-order valence-electron chi connectivity index (χ3n) is 3.54. The van der Waals surface area contributed by atoms with Crippen LogP contribution in [0.5, 0.6) is 5.75 Å². The van der Waals surface area contributed by atoms with Gasteiger partial charge in [-0.15, -0.1) is 0 Å². The molecule has 5 nitrogen and oxygen atoms in total. The highest BCUT2D eigenvalue weighted by Gasteiger charge is 2.30. The highest BCUT2D eigenvalue weighted by atomic mass is 35.5. The van der Waals surface area contributed by atoms with Gasteiger partial charge in [0.15, 0.2) is 9.84 Å². The minimum absolute atomic E-state index is 0.00922. The average Bonchev–Trinajstić information content (AvgIpc) is 2.77. The number of fused-ring (bicyclic) bond motifs is 1. The number of sulfone groups is 1. The van der Waals surface area contributed by atoms with Gasteiger partial charge >= 0.3 is 0 Å². The Labute approximate surface area is 127 Å². The SMILES string of the molecule is O=C(NC1CCS(=O)(=O)C1)C1=Cc2cc(Cl)ccc2OC1. The van der Waals surface area contributed by atoms with Gasteiger partial charge in [-0.05, 0) is 30.7 Å². The molecule has 1 atom stereocenters. The largest absolute Gasteiger partial charge is 0.488 e. The first-order valence-corrected chi connectivity index (χ1v) is 8.77. The van der Waals surface area contributed by atoms with Gasteiger partial charge in [0.1, 0.15) is 12.4 Å². The molecular weight excluding hydrogens is 314 g/mol. The van der Waals surface area contributed by atoms with Crippen LogP contribution in [0, 0.1) is 0 Å². The van der Waals surface area contributed by atoms with Crippen molar-refractivity contribution in [3.05, 3.63) is 34.4 Å². The number of nitrogens with one attached hydrogen (secondary N) is 1. The van der Waals surface area contributed by atoms with E-state index in [1.54, 1.807) is 24.3 Å². The molecule has 0 radical (unpaired) electrons. The Balaban J connectivity index is 1.74. The average molecular weight is 328 g/mol. The van der Waals surface area contributed by atoms with Gasteiger partial charge < -0.3 is 10.1 Å². The van der Waals surface area contributed by atoms with E-state index >= 15 is 0 Å². The predicted octanol–water partition coefficient (Wildman–Crippen LogP) is 1.42. The van der Waals surface area contributed by atoms with Crippen molar-refractivity contribution in [2.45, 2.75) is 12.5 Å². The van der Waals surface area contributed by atoms with Gasteiger partial charge in [-0.3, -0.25) is 4.79 Å². The van der Waals surface area contributed by atoms with Crippen LogP contribution in [0.1, 0.15) is 12.0 Å². The Morgan fingerprint density at radius 2 is 2.19 bits per heavy atom. The van der Waals surface area contributed by atoms with Crippen molar-refractivity contribution in [2.24, 2.45) is 0 Å². The third-order valence-corrected chi connectivity index (χ3v) is 5.55. The summed E-state index contributed by atoms with van der Waals surface area (Å²) in [5.41, 5.74) is 1.21. The molecule has 0 saturated carbocycles. The van der Waals surface area contributed by atoms with E-state index in [2.05, 4.69) is 5.32 Å².